The van der Waals surface area contributed by atoms with Crippen LogP contribution in [0.2, 0.25) is 0 Å². The molecule has 1 saturated carbocycles. The first-order valence-electron chi connectivity index (χ1n) is 9.62. The van der Waals surface area contributed by atoms with Crippen molar-refractivity contribution in [1.29, 1.82) is 0 Å². The van der Waals surface area contributed by atoms with Crippen LogP contribution in [0.4, 0.5) is 0 Å². The summed E-state index contributed by atoms with van der Waals surface area (Å²) in [6.07, 6.45) is 3.70. The Balaban J connectivity index is 1.43. The number of nitrogens with zero attached hydrogens (tertiary/aromatic N) is 4. The highest BCUT2D eigenvalue weighted by Gasteiger charge is 2.48. The fourth-order valence-electron chi connectivity index (χ4n) is 4.52. The van der Waals surface area contributed by atoms with Crippen molar-refractivity contribution >= 4 is 5.91 Å². The lowest BCUT2D eigenvalue weighted by molar-refractivity contribution is -0.134. The number of benzene rings is 1. The van der Waals surface area contributed by atoms with Gasteiger partial charge in [0.15, 0.2) is 0 Å². The van der Waals surface area contributed by atoms with Crippen molar-refractivity contribution in [3.63, 3.8) is 0 Å². The Hall–Kier alpha value is -2.37. The average molecular weight is 352 g/mol. The number of likely N-dealkylation sites (tertiary alicyclic amines) is 1. The Morgan fingerprint density at radius 1 is 1.19 bits per heavy atom. The molecule has 0 N–H and O–H groups in total. The summed E-state index contributed by atoms with van der Waals surface area (Å²) in [6, 6.07) is 7.77. The second-order valence-corrected chi connectivity index (χ2v) is 8.12. The van der Waals surface area contributed by atoms with Gasteiger partial charge in [-0.25, -0.2) is 9.48 Å². The van der Waals surface area contributed by atoms with Gasteiger partial charge < -0.3 is 4.90 Å². The number of aromatic nitrogens is 3. The smallest absolute Gasteiger partial charge is 0.340 e. The normalized spacial score (nSPS) is 26.5. The van der Waals surface area contributed by atoms with Gasteiger partial charge in [0.25, 0.3) is 0 Å². The molecule has 3 heterocycles. The summed E-state index contributed by atoms with van der Waals surface area (Å²) >= 11 is 0. The largest absolute Gasteiger partial charge is 0.346 e. The van der Waals surface area contributed by atoms with Crippen LogP contribution >= 0.6 is 0 Å². The van der Waals surface area contributed by atoms with E-state index in [-0.39, 0.29) is 17.6 Å². The van der Waals surface area contributed by atoms with Gasteiger partial charge in [-0.05, 0) is 43.6 Å². The van der Waals surface area contributed by atoms with Crippen LogP contribution in [-0.2, 0) is 17.8 Å². The van der Waals surface area contributed by atoms with E-state index in [1.54, 1.807) is 4.57 Å². The summed E-state index contributed by atoms with van der Waals surface area (Å²) < 4.78 is 3.19. The van der Waals surface area contributed by atoms with Gasteiger partial charge in [-0.2, -0.15) is 5.10 Å². The molecule has 2 aliphatic heterocycles. The van der Waals surface area contributed by atoms with Gasteiger partial charge in [0.2, 0.25) is 5.91 Å². The molecule has 1 aliphatic carbocycles. The maximum atomic E-state index is 13.0. The van der Waals surface area contributed by atoms with Gasteiger partial charge in [0.05, 0.1) is 6.54 Å². The van der Waals surface area contributed by atoms with Crippen molar-refractivity contribution in [3.05, 3.63) is 51.7 Å². The lowest BCUT2D eigenvalue weighted by atomic mass is 10.0. The minimum absolute atomic E-state index is 0.120. The summed E-state index contributed by atoms with van der Waals surface area (Å²) in [7, 11) is 0. The standard InChI is InChI=1S/C20H24N4O2/c1-13-5-7-14(8-6-13)10-23-20(26)24-17(3-2-4-18(24)21-23)19(25)22-11-15-9-16(15)12-22/h5-8,15-17H,2-4,9-12H2,1H3. The molecule has 0 radical (unpaired) electrons. The van der Waals surface area contributed by atoms with Gasteiger partial charge in [-0.1, -0.05) is 29.8 Å². The molecule has 1 aromatic carbocycles. The minimum Gasteiger partial charge on any atom is -0.340 e. The molecule has 0 spiro atoms. The summed E-state index contributed by atoms with van der Waals surface area (Å²) in [5, 5.41) is 4.55. The third-order valence-electron chi connectivity index (χ3n) is 6.16. The van der Waals surface area contributed by atoms with E-state index in [1.807, 2.05) is 36.1 Å². The number of rotatable bonds is 3. The number of amides is 1. The van der Waals surface area contributed by atoms with E-state index in [0.29, 0.717) is 18.4 Å². The van der Waals surface area contributed by atoms with E-state index in [0.717, 1.165) is 43.7 Å². The Morgan fingerprint density at radius 3 is 2.65 bits per heavy atom. The van der Waals surface area contributed by atoms with Crippen LogP contribution in [0.3, 0.4) is 0 Å². The Labute approximate surface area is 152 Å². The first-order valence-corrected chi connectivity index (χ1v) is 9.62. The monoisotopic (exact) mass is 352 g/mol. The maximum absolute atomic E-state index is 13.0. The predicted octanol–water partition coefficient (Wildman–Crippen LogP) is 1.76. The third-order valence-corrected chi connectivity index (χ3v) is 6.16. The second kappa shape index (κ2) is 5.83. The van der Waals surface area contributed by atoms with E-state index < -0.39 is 0 Å². The van der Waals surface area contributed by atoms with Gasteiger partial charge in [0, 0.05) is 19.5 Å². The topological polar surface area (TPSA) is 60.1 Å². The highest BCUT2D eigenvalue weighted by Crippen LogP contribution is 2.45. The molecule has 2 aromatic rings. The van der Waals surface area contributed by atoms with Gasteiger partial charge in [0.1, 0.15) is 11.9 Å². The maximum Gasteiger partial charge on any atom is 0.346 e. The molecule has 1 amide bonds. The first kappa shape index (κ1) is 15.9. The number of hydrogen-bond acceptors (Lipinski definition) is 3. The average Bonchev–Trinajstić information content (AvgIpc) is 3.12. The third kappa shape index (κ3) is 2.59. The molecule has 2 fully saturated rings. The van der Waals surface area contributed by atoms with Crippen LogP contribution in [0.25, 0.3) is 0 Å². The highest BCUT2D eigenvalue weighted by molar-refractivity contribution is 5.81. The SMILES string of the molecule is Cc1ccc(Cn2nc3n(c2=O)C(C(=O)N2CC4CC4C2)CCC3)cc1. The van der Waals surface area contributed by atoms with Crippen LogP contribution < -0.4 is 5.69 Å². The summed E-state index contributed by atoms with van der Waals surface area (Å²) in [5.41, 5.74) is 2.10. The summed E-state index contributed by atoms with van der Waals surface area (Å²) in [6.45, 7) is 4.25. The fourth-order valence-corrected chi connectivity index (χ4v) is 4.52. The van der Waals surface area contributed by atoms with Crippen LogP contribution in [0.1, 0.15) is 42.3 Å². The van der Waals surface area contributed by atoms with Crippen molar-refractivity contribution in [3.8, 4) is 0 Å². The van der Waals surface area contributed by atoms with Crippen LogP contribution in [0.5, 0.6) is 0 Å². The molecule has 0 bridgehead atoms. The zero-order valence-electron chi connectivity index (χ0n) is 15.1. The summed E-state index contributed by atoms with van der Waals surface area (Å²) in [4.78, 5) is 28.0. The van der Waals surface area contributed by atoms with Crippen molar-refractivity contribution in [1.82, 2.24) is 19.2 Å². The van der Waals surface area contributed by atoms with E-state index in [2.05, 4.69) is 5.10 Å². The molecule has 3 unspecified atom stereocenters. The van der Waals surface area contributed by atoms with Gasteiger partial charge >= 0.3 is 5.69 Å². The minimum atomic E-state index is -0.365. The van der Waals surface area contributed by atoms with Crippen molar-refractivity contribution in [2.75, 3.05) is 13.1 Å². The first-order chi connectivity index (χ1) is 12.6. The Bertz CT molecular complexity index is 901. The van der Waals surface area contributed by atoms with Crippen molar-refractivity contribution in [2.24, 2.45) is 11.8 Å². The lowest BCUT2D eigenvalue weighted by Gasteiger charge is -2.28. The molecule has 5 rings (SSSR count). The number of fused-ring (bicyclic) bond motifs is 2. The fraction of sp³-hybridized carbons (Fsp3) is 0.550. The quantitative estimate of drug-likeness (QED) is 0.846. The zero-order valence-corrected chi connectivity index (χ0v) is 15.1. The molecule has 6 nitrogen and oxygen atoms in total. The zero-order chi connectivity index (χ0) is 17.8. The molecule has 1 saturated heterocycles. The number of carbonyl (C=O) groups excluding carboxylic acids is 1. The van der Waals surface area contributed by atoms with Crippen LogP contribution in [0.15, 0.2) is 29.1 Å². The number of aryl methyl sites for hydroxylation is 2. The number of hydrogen-bond donors (Lipinski definition) is 0. The predicted molar refractivity (Wildman–Crippen MR) is 96.9 cm³/mol. The molecule has 3 atom stereocenters. The van der Waals surface area contributed by atoms with Gasteiger partial charge in [-0.15, -0.1) is 0 Å². The Kier molecular flexibility index (Phi) is 3.55. The van der Waals surface area contributed by atoms with E-state index >= 15 is 0 Å². The lowest BCUT2D eigenvalue weighted by Crippen LogP contribution is -2.42. The van der Waals surface area contributed by atoms with Crippen LogP contribution in [-0.4, -0.2) is 38.2 Å². The molecular formula is C20H24N4O2. The number of carbonyl (C=O) groups is 1. The van der Waals surface area contributed by atoms with E-state index in [9.17, 15) is 9.59 Å². The molecule has 1 aromatic heterocycles. The molecule has 26 heavy (non-hydrogen) atoms. The number of piperidine rings is 1. The molecular weight excluding hydrogens is 328 g/mol. The van der Waals surface area contributed by atoms with Crippen molar-refractivity contribution < 1.29 is 4.79 Å². The van der Waals surface area contributed by atoms with Crippen LogP contribution in [0, 0.1) is 18.8 Å². The molecule has 136 valence electrons. The van der Waals surface area contributed by atoms with E-state index in [4.69, 9.17) is 0 Å². The molecule has 3 aliphatic rings. The Morgan fingerprint density at radius 2 is 1.92 bits per heavy atom. The summed E-state index contributed by atoms with van der Waals surface area (Å²) in [5.74, 6) is 2.30. The van der Waals surface area contributed by atoms with E-state index in [1.165, 1.54) is 16.7 Å². The molecule has 6 heteroatoms. The van der Waals surface area contributed by atoms with Gasteiger partial charge in [-0.3, -0.25) is 9.36 Å². The second-order valence-electron chi connectivity index (χ2n) is 8.12. The highest BCUT2D eigenvalue weighted by atomic mass is 16.2. The van der Waals surface area contributed by atoms with Crippen molar-refractivity contribution in [2.45, 2.75) is 45.2 Å².